The average Bonchev–Trinajstić information content (AvgIpc) is 3.20. The highest BCUT2D eigenvalue weighted by atomic mass is 32.1. The standard InChI is InChI=1S/C27H33N3O3S/c1-3-33-24(31)14-16-29-27(32)20-9-11-21(12-10-20)30-25(19-7-5-4-6-8-19)26-18(2)22-17-28-15-13-23(22)34-26/h9-13,15,17,19,25,30H,3-8,14,16H2,1-2H3,(H,29,32). The number of nitrogens with one attached hydrogen (secondary N) is 2. The first-order valence-electron chi connectivity index (χ1n) is 12.2. The summed E-state index contributed by atoms with van der Waals surface area (Å²) in [5.41, 5.74) is 2.90. The van der Waals surface area contributed by atoms with Gasteiger partial charge in [-0.2, -0.15) is 0 Å². The third kappa shape index (κ3) is 5.76. The topological polar surface area (TPSA) is 80.3 Å². The van der Waals surface area contributed by atoms with Crippen molar-refractivity contribution < 1.29 is 14.3 Å². The van der Waals surface area contributed by atoms with Gasteiger partial charge in [-0.15, -0.1) is 11.3 Å². The Morgan fingerprint density at radius 3 is 2.62 bits per heavy atom. The van der Waals surface area contributed by atoms with E-state index in [1.165, 1.54) is 52.6 Å². The number of anilines is 1. The molecule has 1 aromatic carbocycles. The van der Waals surface area contributed by atoms with Crippen molar-refractivity contribution in [3.05, 3.63) is 58.7 Å². The fourth-order valence-electron chi connectivity index (χ4n) is 4.75. The normalized spacial score (nSPS) is 15.1. The maximum absolute atomic E-state index is 12.4. The van der Waals surface area contributed by atoms with Crippen molar-refractivity contribution in [1.29, 1.82) is 0 Å². The molecule has 0 bridgehead atoms. The Balaban J connectivity index is 1.47. The van der Waals surface area contributed by atoms with Gasteiger partial charge in [0.1, 0.15) is 0 Å². The van der Waals surface area contributed by atoms with E-state index in [1.54, 1.807) is 6.92 Å². The molecule has 0 radical (unpaired) electrons. The summed E-state index contributed by atoms with van der Waals surface area (Å²) < 4.78 is 6.17. The Labute approximate surface area is 205 Å². The first-order chi connectivity index (χ1) is 16.6. The summed E-state index contributed by atoms with van der Waals surface area (Å²) in [5, 5.41) is 7.82. The average molecular weight is 480 g/mol. The zero-order valence-corrected chi connectivity index (χ0v) is 20.7. The van der Waals surface area contributed by atoms with Crippen LogP contribution in [0.25, 0.3) is 10.1 Å². The molecular weight excluding hydrogens is 446 g/mol. The molecule has 0 spiro atoms. The van der Waals surface area contributed by atoms with E-state index in [4.69, 9.17) is 4.74 Å². The van der Waals surface area contributed by atoms with Crippen LogP contribution in [0.15, 0.2) is 42.7 Å². The van der Waals surface area contributed by atoms with Crippen LogP contribution in [0, 0.1) is 12.8 Å². The van der Waals surface area contributed by atoms with Gasteiger partial charge >= 0.3 is 5.97 Å². The first-order valence-corrected chi connectivity index (χ1v) is 13.0. The van der Waals surface area contributed by atoms with Gasteiger partial charge in [0.05, 0.1) is 19.1 Å². The molecule has 180 valence electrons. The highest BCUT2D eigenvalue weighted by Gasteiger charge is 2.28. The Hall–Kier alpha value is -2.93. The summed E-state index contributed by atoms with van der Waals surface area (Å²) in [6.07, 6.45) is 10.3. The van der Waals surface area contributed by atoms with E-state index >= 15 is 0 Å². The molecule has 1 saturated carbocycles. The summed E-state index contributed by atoms with van der Waals surface area (Å²) in [4.78, 5) is 29.6. The number of thiophene rings is 1. The van der Waals surface area contributed by atoms with Crippen molar-refractivity contribution in [3.63, 3.8) is 0 Å². The highest BCUT2D eigenvalue weighted by Crippen LogP contribution is 2.43. The number of aromatic nitrogens is 1. The number of nitrogens with zero attached hydrogens (tertiary/aromatic N) is 1. The number of hydrogen-bond donors (Lipinski definition) is 2. The van der Waals surface area contributed by atoms with Gasteiger partial charge in [0, 0.05) is 45.2 Å². The van der Waals surface area contributed by atoms with Crippen molar-refractivity contribution in [3.8, 4) is 0 Å². The largest absolute Gasteiger partial charge is 0.466 e. The van der Waals surface area contributed by atoms with Crippen molar-refractivity contribution in [1.82, 2.24) is 10.3 Å². The smallest absolute Gasteiger partial charge is 0.307 e. The number of carbonyl (C=O) groups excluding carboxylic acids is 2. The fourth-order valence-corrected chi connectivity index (χ4v) is 6.08. The van der Waals surface area contributed by atoms with Gasteiger partial charge in [-0.05, 0) is 68.5 Å². The molecule has 3 aromatic rings. The molecule has 0 aliphatic heterocycles. The molecule has 4 rings (SSSR count). The molecule has 2 N–H and O–H groups in total. The number of ether oxygens (including phenoxy) is 1. The summed E-state index contributed by atoms with van der Waals surface area (Å²) in [6, 6.07) is 9.95. The zero-order chi connectivity index (χ0) is 23.9. The third-order valence-electron chi connectivity index (χ3n) is 6.57. The van der Waals surface area contributed by atoms with Crippen LogP contribution in [0.4, 0.5) is 5.69 Å². The quantitative estimate of drug-likeness (QED) is 0.367. The van der Waals surface area contributed by atoms with Gasteiger partial charge in [-0.3, -0.25) is 14.6 Å². The van der Waals surface area contributed by atoms with Crippen LogP contribution >= 0.6 is 11.3 Å². The number of pyridine rings is 1. The minimum Gasteiger partial charge on any atom is -0.466 e. The van der Waals surface area contributed by atoms with Crippen LogP contribution in [-0.4, -0.2) is 30.0 Å². The maximum Gasteiger partial charge on any atom is 0.307 e. The van der Waals surface area contributed by atoms with Crippen LogP contribution < -0.4 is 10.6 Å². The number of fused-ring (bicyclic) bond motifs is 1. The van der Waals surface area contributed by atoms with E-state index in [1.807, 2.05) is 48.0 Å². The lowest BCUT2D eigenvalue weighted by Crippen LogP contribution is -2.26. The van der Waals surface area contributed by atoms with Crippen LogP contribution in [0.3, 0.4) is 0 Å². The van der Waals surface area contributed by atoms with Crippen LogP contribution in [0.2, 0.25) is 0 Å². The van der Waals surface area contributed by atoms with Gasteiger partial charge in [-0.1, -0.05) is 19.3 Å². The van der Waals surface area contributed by atoms with Crippen molar-refractivity contribution in [2.24, 2.45) is 5.92 Å². The molecule has 1 aliphatic rings. The molecule has 1 atom stereocenters. The van der Waals surface area contributed by atoms with Gasteiger partial charge in [0.15, 0.2) is 0 Å². The Kier molecular flexibility index (Phi) is 8.16. The molecule has 34 heavy (non-hydrogen) atoms. The van der Waals surface area contributed by atoms with Crippen LogP contribution in [-0.2, 0) is 9.53 Å². The fraction of sp³-hybridized carbons (Fsp3) is 0.444. The molecule has 6 nitrogen and oxygen atoms in total. The summed E-state index contributed by atoms with van der Waals surface area (Å²) in [7, 11) is 0. The van der Waals surface area contributed by atoms with Crippen molar-refractivity contribution in [2.45, 2.75) is 58.4 Å². The number of carbonyl (C=O) groups is 2. The second-order valence-corrected chi connectivity index (χ2v) is 9.96. The highest BCUT2D eigenvalue weighted by molar-refractivity contribution is 7.19. The van der Waals surface area contributed by atoms with Crippen LogP contribution in [0.5, 0.6) is 0 Å². The Morgan fingerprint density at radius 1 is 1.15 bits per heavy atom. The van der Waals surface area contributed by atoms with E-state index in [9.17, 15) is 9.59 Å². The number of rotatable bonds is 9. The molecule has 2 aromatic heterocycles. The van der Waals surface area contributed by atoms with Crippen molar-refractivity contribution in [2.75, 3.05) is 18.5 Å². The first kappa shape index (κ1) is 24.2. The Morgan fingerprint density at radius 2 is 1.91 bits per heavy atom. The van der Waals surface area contributed by atoms with E-state index in [0.29, 0.717) is 18.1 Å². The van der Waals surface area contributed by atoms with Gasteiger partial charge in [0.2, 0.25) is 0 Å². The van der Waals surface area contributed by atoms with Crippen molar-refractivity contribution >= 4 is 39.0 Å². The van der Waals surface area contributed by atoms with Gasteiger partial charge in [-0.25, -0.2) is 0 Å². The number of esters is 1. The molecule has 7 heteroatoms. The lowest BCUT2D eigenvalue weighted by molar-refractivity contribution is -0.142. The lowest BCUT2D eigenvalue weighted by Gasteiger charge is -2.31. The molecule has 0 saturated heterocycles. The third-order valence-corrected chi connectivity index (χ3v) is 7.92. The van der Waals surface area contributed by atoms with Gasteiger partial charge in [0.25, 0.3) is 5.91 Å². The minimum absolute atomic E-state index is 0.173. The zero-order valence-electron chi connectivity index (χ0n) is 19.9. The van der Waals surface area contributed by atoms with E-state index in [2.05, 4.69) is 28.6 Å². The lowest BCUT2D eigenvalue weighted by atomic mass is 9.82. The second kappa shape index (κ2) is 11.5. The SMILES string of the molecule is CCOC(=O)CCNC(=O)c1ccc(NC(c2sc3ccncc3c2C)C2CCCCC2)cc1. The second-order valence-electron chi connectivity index (χ2n) is 8.87. The molecule has 1 fully saturated rings. The van der Waals surface area contributed by atoms with Gasteiger partial charge < -0.3 is 15.4 Å². The van der Waals surface area contributed by atoms with Crippen LogP contribution in [0.1, 0.15) is 72.3 Å². The number of hydrogen-bond acceptors (Lipinski definition) is 6. The number of aryl methyl sites for hydroxylation is 1. The summed E-state index contributed by atoms with van der Waals surface area (Å²) in [5.74, 6) is 0.0928. The van der Waals surface area contributed by atoms with E-state index < -0.39 is 0 Å². The molecule has 2 heterocycles. The number of benzene rings is 1. The molecule has 1 aliphatic carbocycles. The predicted molar refractivity (Wildman–Crippen MR) is 137 cm³/mol. The monoisotopic (exact) mass is 479 g/mol. The van der Waals surface area contributed by atoms with E-state index in [0.717, 1.165) is 5.69 Å². The molecular formula is C27H33N3O3S. The maximum atomic E-state index is 12.4. The predicted octanol–water partition coefficient (Wildman–Crippen LogP) is 6.02. The summed E-state index contributed by atoms with van der Waals surface area (Å²) >= 11 is 1.86. The van der Waals surface area contributed by atoms with E-state index in [-0.39, 0.29) is 30.9 Å². The Bertz CT molecular complexity index is 1120. The minimum atomic E-state index is -0.302. The molecule has 1 amide bonds. The number of amides is 1. The summed E-state index contributed by atoms with van der Waals surface area (Å²) in [6.45, 7) is 4.59. The molecule has 1 unspecified atom stereocenters.